The van der Waals surface area contributed by atoms with Crippen molar-refractivity contribution in [2.24, 2.45) is 5.84 Å². The summed E-state index contributed by atoms with van der Waals surface area (Å²) in [5.41, 5.74) is 3.60. The largest absolute Gasteiger partial charge is 0.271 e. The maximum absolute atomic E-state index is 13.1. The molecule has 3 N–H and O–H groups in total. The first-order chi connectivity index (χ1) is 8.60. The summed E-state index contributed by atoms with van der Waals surface area (Å²) in [6.07, 6.45) is 0.731. The Labute approximate surface area is 122 Å². The van der Waals surface area contributed by atoms with Crippen LogP contribution in [0, 0.1) is 5.82 Å². The number of halogens is 3. The number of rotatable bonds is 4. The lowest BCUT2D eigenvalue weighted by molar-refractivity contribution is 0.553. The van der Waals surface area contributed by atoms with Gasteiger partial charge in [0, 0.05) is 21.2 Å². The highest BCUT2D eigenvalue weighted by molar-refractivity contribution is 9.10. The fourth-order valence-electron chi connectivity index (χ4n) is 1.66. The smallest absolute Gasteiger partial charge is 0.141 e. The summed E-state index contributed by atoms with van der Waals surface area (Å²) in [5, 5.41) is 2.13. The predicted molar refractivity (Wildman–Crippen MR) is 77.2 cm³/mol. The molecule has 18 heavy (non-hydrogen) atoms. The first kappa shape index (κ1) is 14.0. The molecule has 96 valence electrons. The highest BCUT2D eigenvalue weighted by Crippen LogP contribution is 2.27. The molecule has 2 rings (SSSR count). The summed E-state index contributed by atoms with van der Waals surface area (Å²) in [5.74, 6) is 5.13. The highest BCUT2D eigenvalue weighted by atomic mass is 79.9. The predicted octanol–water partition coefficient (Wildman–Crippen LogP) is 4.05. The van der Waals surface area contributed by atoms with Crippen LogP contribution in [0.3, 0.4) is 0 Å². The van der Waals surface area contributed by atoms with Gasteiger partial charge in [-0.15, -0.1) is 11.3 Å². The third kappa shape index (κ3) is 3.30. The normalized spacial score (nSPS) is 12.7. The van der Waals surface area contributed by atoms with Crippen molar-refractivity contribution in [1.82, 2.24) is 5.43 Å². The fraction of sp³-hybridized carbons (Fsp3) is 0.167. The topological polar surface area (TPSA) is 38.0 Å². The number of nitrogens with two attached hydrogens (primary N) is 1. The van der Waals surface area contributed by atoms with Gasteiger partial charge in [0.2, 0.25) is 0 Å². The summed E-state index contributed by atoms with van der Waals surface area (Å²) < 4.78 is 14.2. The lowest BCUT2D eigenvalue weighted by atomic mass is 10.0. The molecular formula is C12H11BrClFN2S. The Bertz CT molecular complexity index is 547. The quantitative estimate of drug-likeness (QED) is 0.645. The van der Waals surface area contributed by atoms with Crippen LogP contribution in [-0.4, -0.2) is 0 Å². The van der Waals surface area contributed by atoms with Gasteiger partial charge in [-0.25, -0.2) is 4.39 Å². The van der Waals surface area contributed by atoms with Gasteiger partial charge < -0.3 is 0 Å². The second kappa shape index (κ2) is 6.12. The Kier molecular flexibility index (Phi) is 4.75. The number of hydrazine groups is 1. The van der Waals surface area contributed by atoms with Crippen LogP contribution >= 0.6 is 38.9 Å². The second-order valence-electron chi connectivity index (χ2n) is 3.83. The molecule has 1 atom stereocenters. The zero-order chi connectivity index (χ0) is 13.1. The van der Waals surface area contributed by atoms with Gasteiger partial charge in [0.1, 0.15) is 5.82 Å². The van der Waals surface area contributed by atoms with E-state index in [-0.39, 0.29) is 11.1 Å². The molecule has 1 unspecified atom stereocenters. The lowest BCUT2D eigenvalue weighted by Crippen LogP contribution is -2.29. The molecule has 6 heteroatoms. The summed E-state index contributed by atoms with van der Waals surface area (Å²) in [7, 11) is 0. The van der Waals surface area contributed by atoms with Gasteiger partial charge in [0.25, 0.3) is 0 Å². The van der Waals surface area contributed by atoms with E-state index in [4.69, 9.17) is 17.4 Å². The van der Waals surface area contributed by atoms with E-state index in [2.05, 4.69) is 21.4 Å². The van der Waals surface area contributed by atoms with Crippen molar-refractivity contribution in [2.75, 3.05) is 0 Å². The minimum Gasteiger partial charge on any atom is -0.271 e. The maximum atomic E-state index is 13.1. The minimum atomic E-state index is -0.421. The standard InChI is InChI=1S/C12H11BrClFN2S/c13-8-4-9(18-6-8)5-12(17-16)7-1-2-11(15)10(14)3-7/h1-4,6,12,17H,5,16H2. The van der Waals surface area contributed by atoms with E-state index >= 15 is 0 Å². The number of hydrogen-bond donors (Lipinski definition) is 2. The van der Waals surface area contributed by atoms with Crippen LogP contribution in [0.2, 0.25) is 5.02 Å². The summed E-state index contributed by atoms with van der Waals surface area (Å²) in [6, 6.07) is 6.60. The molecule has 0 radical (unpaired) electrons. The van der Waals surface area contributed by atoms with Crippen LogP contribution in [0.5, 0.6) is 0 Å². The van der Waals surface area contributed by atoms with Crippen LogP contribution in [-0.2, 0) is 6.42 Å². The van der Waals surface area contributed by atoms with E-state index in [1.54, 1.807) is 23.5 Å². The van der Waals surface area contributed by atoms with E-state index in [9.17, 15) is 4.39 Å². The Hall–Kier alpha value is -0.460. The molecule has 1 heterocycles. The van der Waals surface area contributed by atoms with Crippen LogP contribution < -0.4 is 11.3 Å². The SMILES string of the molecule is NNC(Cc1cc(Br)cs1)c1ccc(F)c(Cl)c1. The average Bonchev–Trinajstić information content (AvgIpc) is 2.75. The molecule has 1 aromatic heterocycles. The highest BCUT2D eigenvalue weighted by Gasteiger charge is 2.13. The molecule has 1 aromatic carbocycles. The van der Waals surface area contributed by atoms with Crippen molar-refractivity contribution < 1.29 is 4.39 Å². The van der Waals surface area contributed by atoms with Crippen LogP contribution in [0.25, 0.3) is 0 Å². The first-order valence-electron chi connectivity index (χ1n) is 5.24. The first-order valence-corrected chi connectivity index (χ1v) is 7.29. The number of benzene rings is 1. The Morgan fingerprint density at radius 1 is 1.44 bits per heavy atom. The van der Waals surface area contributed by atoms with E-state index in [0.29, 0.717) is 0 Å². The summed E-state index contributed by atoms with van der Waals surface area (Å²) in [6.45, 7) is 0. The number of thiophene rings is 1. The van der Waals surface area contributed by atoms with Crippen molar-refractivity contribution in [2.45, 2.75) is 12.5 Å². The van der Waals surface area contributed by atoms with Crippen molar-refractivity contribution >= 4 is 38.9 Å². The van der Waals surface area contributed by atoms with Gasteiger partial charge in [-0.2, -0.15) is 0 Å². The molecule has 0 amide bonds. The molecule has 2 nitrogen and oxygen atoms in total. The average molecular weight is 350 g/mol. The third-order valence-electron chi connectivity index (χ3n) is 2.57. The molecule has 0 saturated heterocycles. The van der Waals surface area contributed by atoms with Crippen LogP contribution in [0.1, 0.15) is 16.5 Å². The molecule has 2 aromatic rings. The third-order valence-corrected chi connectivity index (χ3v) is 4.58. The van der Waals surface area contributed by atoms with Gasteiger partial charge in [-0.05, 0) is 39.7 Å². The van der Waals surface area contributed by atoms with E-state index in [1.165, 1.54) is 10.9 Å². The summed E-state index contributed by atoms with van der Waals surface area (Å²) >= 11 is 10.8. The molecule has 0 aliphatic rings. The molecule has 0 aliphatic carbocycles. The van der Waals surface area contributed by atoms with Crippen LogP contribution in [0.4, 0.5) is 4.39 Å². The zero-order valence-corrected chi connectivity index (χ0v) is 12.4. The van der Waals surface area contributed by atoms with Crippen molar-refractivity contribution in [1.29, 1.82) is 0 Å². The summed E-state index contributed by atoms with van der Waals surface area (Å²) in [4.78, 5) is 1.19. The lowest BCUT2D eigenvalue weighted by Gasteiger charge is -2.15. The van der Waals surface area contributed by atoms with Gasteiger partial charge in [-0.3, -0.25) is 11.3 Å². The van der Waals surface area contributed by atoms with Gasteiger partial charge in [0.15, 0.2) is 0 Å². The Morgan fingerprint density at radius 2 is 2.22 bits per heavy atom. The van der Waals surface area contributed by atoms with Crippen molar-refractivity contribution in [3.63, 3.8) is 0 Å². The molecule has 0 spiro atoms. The van der Waals surface area contributed by atoms with Gasteiger partial charge in [0.05, 0.1) is 11.1 Å². The Balaban J connectivity index is 2.19. The fourth-order valence-corrected chi connectivity index (χ4v) is 3.35. The van der Waals surface area contributed by atoms with E-state index in [0.717, 1.165) is 16.5 Å². The monoisotopic (exact) mass is 348 g/mol. The van der Waals surface area contributed by atoms with Crippen molar-refractivity contribution in [3.05, 3.63) is 55.4 Å². The molecular weight excluding hydrogens is 339 g/mol. The molecule has 0 bridgehead atoms. The number of nitrogens with one attached hydrogen (secondary N) is 1. The van der Waals surface area contributed by atoms with E-state index in [1.807, 2.05) is 11.4 Å². The second-order valence-corrected chi connectivity index (χ2v) is 6.15. The Morgan fingerprint density at radius 3 is 2.78 bits per heavy atom. The van der Waals surface area contributed by atoms with Gasteiger partial charge in [-0.1, -0.05) is 17.7 Å². The van der Waals surface area contributed by atoms with Crippen molar-refractivity contribution in [3.8, 4) is 0 Å². The van der Waals surface area contributed by atoms with Gasteiger partial charge >= 0.3 is 0 Å². The van der Waals surface area contributed by atoms with E-state index < -0.39 is 5.82 Å². The molecule has 0 aliphatic heterocycles. The molecule has 0 saturated carbocycles. The van der Waals surface area contributed by atoms with Crippen LogP contribution in [0.15, 0.2) is 34.1 Å². The minimum absolute atomic E-state index is 0.0892. The number of hydrogen-bond acceptors (Lipinski definition) is 3. The maximum Gasteiger partial charge on any atom is 0.141 e. The molecule has 0 fully saturated rings. The zero-order valence-electron chi connectivity index (χ0n) is 9.29.